The van der Waals surface area contributed by atoms with E-state index >= 15 is 0 Å². The third-order valence-electron chi connectivity index (χ3n) is 2.32. The number of hydrogen-bond donors (Lipinski definition) is 2. The highest BCUT2D eigenvalue weighted by atomic mass is 19.1. The van der Waals surface area contributed by atoms with Crippen molar-refractivity contribution in [1.82, 2.24) is 0 Å². The topological polar surface area (TPSA) is 40.5 Å². The van der Waals surface area contributed by atoms with E-state index in [2.05, 4.69) is 0 Å². The first kappa shape index (κ1) is 10.5. The Bertz CT molecular complexity index is 236. The molecule has 0 aliphatic heterocycles. The largest absolute Gasteiger partial charge is 0.458 e. The predicted octanol–water partition coefficient (Wildman–Crippen LogP) is 1.81. The molecule has 1 unspecified atom stereocenters. The highest BCUT2D eigenvalue weighted by Crippen LogP contribution is 2.28. The Balaban J connectivity index is 2.77. The zero-order valence-electron chi connectivity index (χ0n) is 7.70. The minimum Gasteiger partial charge on any atom is -0.427 e. The quantitative estimate of drug-likeness (QED) is 0.642. The Hall–Kier alpha value is -0.605. The van der Waals surface area contributed by atoms with Gasteiger partial charge >= 0.3 is 7.12 Å². The van der Waals surface area contributed by atoms with Gasteiger partial charge in [0.15, 0.2) is 0 Å². The molecule has 1 atom stereocenters. The summed E-state index contributed by atoms with van der Waals surface area (Å²) in [5, 5.41) is 17.8. The number of halogens is 1. The molecule has 2 N–H and O–H groups in total. The van der Waals surface area contributed by atoms with Crippen LogP contribution < -0.4 is 0 Å². The molecule has 1 aliphatic carbocycles. The molecule has 72 valence electrons. The van der Waals surface area contributed by atoms with Crippen molar-refractivity contribution >= 4 is 7.12 Å². The second kappa shape index (κ2) is 4.58. The third kappa shape index (κ3) is 2.67. The van der Waals surface area contributed by atoms with Crippen LogP contribution in [0.5, 0.6) is 0 Å². The monoisotopic (exact) mass is 184 g/mol. The normalized spacial score (nSPS) is 23.2. The van der Waals surface area contributed by atoms with Gasteiger partial charge < -0.3 is 10.0 Å². The number of hydrogen-bond acceptors (Lipinski definition) is 2. The van der Waals surface area contributed by atoms with Gasteiger partial charge in [0, 0.05) is 5.82 Å². The highest BCUT2D eigenvalue weighted by molar-refractivity contribution is 6.43. The van der Waals surface area contributed by atoms with Crippen LogP contribution in [0.15, 0.2) is 23.6 Å². The summed E-state index contributed by atoms with van der Waals surface area (Å²) in [4.78, 5) is 0. The maximum absolute atomic E-state index is 13.3. The second-order valence-corrected chi connectivity index (χ2v) is 3.25. The van der Waals surface area contributed by atoms with Crippen molar-refractivity contribution in [3.05, 3.63) is 23.6 Å². The lowest BCUT2D eigenvalue weighted by molar-refractivity contribution is 0.390. The first-order valence-corrected chi connectivity index (χ1v) is 4.58. The molecule has 4 heteroatoms. The summed E-state index contributed by atoms with van der Waals surface area (Å²) >= 11 is 0. The SMILES string of the molecule is CCC1=CCCC(B(O)O)C=C1F. The molecule has 0 aromatic heterocycles. The van der Waals surface area contributed by atoms with Crippen molar-refractivity contribution in [3.63, 3.8) is 0 Å². The fourth-order valence-corrected chi connectivity index (χ4v) is 1.47. The van der Waals surface area contributed by atoms with E-state index in [9.17, 15) is 4.39 Å². The molecule has 0 radical (unpaired) electrons. The second-order valence-electron chi connectivity index (χ2n) is 3.25. The third-order valence-corrected chi connectivity index (χ3v) is 2.32. The Labute approximate surface area is 77.9 Å². The van der Waals surface area contributed by atoms with Crippen LogP contribution in [-0.2, 0) is 0 Å². The van der Waals surface area contributed by atoms with E-state index in [1.165, 1.54) is 6.08 Å². The number of rotatable bonds is 2. The maximum atomic E-state index is 13.3. The zero-order valence-corrected chi connectivity index (χ0v) is 7.70. The van der Waals surface area contributed by atoms with Gasteiger partial charge in [0.2, 0.25) is 0 Å². The van der Waals surface area contributed by atoms with Crippen LogP contribution in [0, 0.1) is 0 Å². The summed E-state index contributed by atoms with van der Waals surface area (Å²) in [7, 11) is -1.45. The van der Waals surface area contributed by atoms with Crippen LogP contribution >= 0.6 is 0 Å². The van der Waals surface area contributed by atoms with E-state index in [0.29, 0.717) is 24.8 Å². The molecule has 1 rings (SSSR count). The smallest absolute Gasteiger partial charge is 0.427 e. The molecule has 0 aromatic rings. The van der Waals surface area contributed by atoms with Gasteiger partial charge in [0.25, 0.3) is 0 Å². The van der Waals surface area contributed by atoms with E-state index in [-0.39, 0.29) is 5.83 Å². The molecule has 0 heterocycles. The molecule has 13 heavy (non-hydrogen) atoms. The van der Waals surface area contributed by atoms with Crippen LogP contribution in [0.4, 0.5) is 4.39 Å². The van der Waals surface area contributed by atoms with Gasteiger partial charge in [-0.15, -0.1) is 0 Å². The molecule has 0 spiro atoms. The van der Waals surface area contributed by atoms with Gasteiger partial charge in [0.05, 0.1) is 0 Å². The summed E-state index contributed by atoms with van der Waals surface area (Å²) in [6.07, 6.45) is 5.09. The van der Waals surface area contributed by atoms with Crippen LogP contribution in [-0.4, -0.2) is 17.2 Å². The van der Waals surface area contributed by atoms with Gasteiger partial charge in [-0.3, -0.25) is 0 Å². The van der Waals surface area contributed by atoms with E-state index in [1.54, 1.807) is 0 Å². The van der Waals surface area contributed by atoms with E-state index < -0.39 is 12.9 Å². The lowest BCUT2D eigenvalue weighted by Crippen LogP contribution is -2.18. The van der Waals surface area contributed by atoms with Crippen molar-refractivity contribution in [2.75, 3.05) is 0 Å². The lowest BCUT2D eigenvalue weighted by Gasteiger charge is -2.07. The van der Waals surface area contributed by atoms with Gasteiger partial charge in [-0.25, -0.2) is 4.39 Å². The fraction of sp³-hybridized carbons (Fsp3) is 0.556. The Kier molecular flexibility index (Phi) is 3.69. The van der Waals surface area contributed by atoms with Crippen molar-refractivity contribution in [2.24, 2.45) is 0 Å². The molecule has 0 amide bonds. The summed E-state index contributed by atoms with van der Waals surface area (Å²) in [5.74, 6) is -0.779. The first-order chi connectivity index (χ1) is 6.15. The van der Waals surface area contributed by atoms with Crippen LogP contribution in [0.25, 0.3) is 0 Å². The van der Waals surface area contributed by atoms with E-state index in [0.717, 1.165) is 0 Å². The zero-order chi connectivity index (χ0) is 9.84. The minimum atomic E-state index is -1.45. The molecule has 0 bridgehead atoms. The Morgan fingerprint density at radius 2 is 2.31 bits per heavy atom. The summed E-state index contributed by atoms with van der Waals surface area (Å²) in [5.41, 5.74) is 0.670. The average Bonchev–Trinajstić information content (AvgIpc) is 2.26. The fourth-order valence-electron chi connectivity index (χ4n) is 1.47. The molecule has 0 saturated carbocycles. The Morgan fingerprint density at radius 3 is 2.85 bits per heavy atom. The summed E-state index contributed by atoms with van der Waals surface area (Å²) in [6.45, 7) is 1.88. The van der Waals surface area contributed by atoms with Gasteiger partial charge in [-0.2, -0.15) is 0 Å². The maximum Gasteiger partial charge on any atom is 0.458 e. The predicted molar refractivity (Wildman–Crippen MR) is 50.7 cm³/mol. The van der Waals surface area contributed by atoms with Crippen molar-refractivity contribution < 1.29 is 14.4 Å². The summed E-state index contributed by atoms with van der Waals surface area (Å²) in [6, 6.07) is 0. The van der Waals surface area contributed by atoms with Gasteiger partial charge in [0.1, 0.15) is 5.83 Å². The standard InChI is InChI=1S/C9H14BFO2/c1-2-7-4-3-5-8(10(12)13)6-9(7)11/h4,6,8,12-13H,2-3,5H2,1H3. The molecule has 0 saturated heterocycles. The van der Waals surface area contributed by atoms with Crippen molar-refractivity contribution in [2.45, 2.75) is 32.0 Å². The highest BCUT2D eigenvalue weighted by Gasteiger charge is 2.23. The van der Waals surface area contributed by atoms with Crippen LogP contribution in [0.2, 0.25) is 5.82 Å². The molecule has 0 fully saturated rings. The van der Waals surface area contributed by atoms with Crippen molar-refractivity contribution in [3.8, 4) is 0 Å². The molecule has 0 aromatic carbocycles. The molecule has 1 aliphatic rings. The number of allylic oxidation sites excluding steroid dienone is 4. The Morgan fingerprint density at radius 1 is 1.62 bits per heavy atom. The average molecular weight is 184 g/mol. The van der Waals surface area contributed by atoms with E-state index in [1.807, 2.05) is 13.0 Å². The van der Waals surface area contributed by atoms with Crippen LogP contribution in [0.1, 0.15) is 26.2 Å². The minimum absolute atomic E-state index is 0.307. The molecule has 2 nitrogen and oxygen atoms in total. The first-order valence-electron chi connectivity index (χ1n) is 4.58. The van der Waals surface area contributed by atoms with Crippen LogP contribution in [0.3, 0.4) is 0 Å². The van der Waals surface area contributed by atoms with E-state index in [4.69, 9.17) is 10.0 Å². The molecular formula is C9H14BFO2. The van der Waals surface area contributed by atoms with Crippen molar-refractivity contribution in [1.29, 1.82) is 0 Å². The lowest BCUT2D eigenvalue weighted by atomic mass is 9.70. The molecular weight excluding hydrogens is 170 g/mol. The van der Waals surface area contributed by atoms with Gasteiger partial charge in [-0.1, -0.05) is 13.0 Å². The van der Waals surface area contributed by atoms with Gasteiger partial charge in [-0.05, 0) is 30.9 Å². The summed E-state index contributed by atoms with van der Waals surface area (Å²) < 4.78 is 13.3.